The molecule has 2 aromatic rings. The first kappa shape index (κ1) is 19.6. The lowest BCUT2D eigenvalue weighted by molar-refractivity contribution is -0.126. The van der Waals surface area contributed by atoms with Crippen LogP contribution in [0.5, 0.6) is 0 Å². The number of carbonyl (C=O) groups excluding carboxylic acids is 1. The number of hydrogen-bond acceptors (Lipinski definition) is 3. The van der Waals surface area contributed by atoms with Gasteiger partial charge in [0.1, 0.15) is 11.9 Å². The first-order chi connectivity index (χ1) is 14.4. The van der Waals surface area contributed by atoms with Gasteiger partial charge in [-0.05, 0) is 75.0 Å². The van der Waals surface area contributed by atoms with Gasteiger partial charge in [0.2, 0.25) is 0 Å². The van der Waals surface area contributed by atoms with E-state index in [0.29, 0.717) is 12.5 Å². The number of nitrogens with zero attached hydrogens (tertiary/aromatic N) is 2. The zero-order valence-electron chi connectivity index (χ0n) is 17.7. The van der Waals surface area contributed by atoms with Crippen LogP contribution in [-0.4, -0.2) is 47.2 Å². The van der Waals surface area contributed by atoms with E-state index >= 15 is 0 Å². The maximum Gasteiger partial charge on any atom is 0.410 e. The van der Waals surface area contributed by atoms with Crippen molar-refractivity contribution in [3.63, 3.8) is 0 Å². The molecular formula is C25H29FN2O2. The molecule has 3 saturated heterocycles. The minimum Gasteiger partial charge on any atom is -0.444 e. The van der Waals surface area contributed by atoms with E-state index in [1.807, 2.05) is 17.0 Å². The Morgan fingerprint density at radius 3 is 2.43 bits per heavy atom. The first-order valence-electron chi connectivity index (χ1n) is 11.0. The van der Waals surface area contributed by atoms with E-state index in [4.69, 9.17) is 4.74 Å². The predicted octanol–water partition coefficient (Wildman–Crippen LogP) is 4.78. The molecule has 0 aliphatic carbocycles. The van der Waals surface area contributed by atoms with E-state index in [9.17, 15) is 9.18 Å². The Bertz CT molecular complexity index is 934. The quantitative estimate of drug-likeness (QED) is 0.717. The van der Waals surface area contributed by atoms with Gasteiger partial charge in [-0.15, -0.1) is 0 Å². The van der Waals surface area contributed by atoms with Gasteiger partial charge in [-0.25, -0.2) is 9.18 Å². The molecule has 0 unspecified atom stereocenters. The minimum absolute atomic E-state index is 0.0986. The molecule has 4 aliphatic rings. The molecule has 0 N–H and O–H groups in total. The standard InChI is InChI=1S/C25H29FN2O2/c1-25(2)23(19-11-14-27(25)15-12-19)30-24(29)28-16-13-17-5-3-4-6-21(17)22(28)18-7-9-20(26)10-8-18/h3-10,19,22-23H,11-16H2,1-2H3/t22-,23-/m0/s1. The van der Waals surface area contributed by atoms with Crippen LogP contribution in [0.15, 0.2) is 48.5 Å². The number of piperidine rings is 3. The molecule has 0 saturated carbocycles. The number of amides is 1. The van der Waals surface area contributed by atoms with Gasteiger partial charge in [-0.2, -0.15) is 0 Å². The average molecular weight is 409 g/mol. The van der Waals surface area contributed by atoms with Crippen molar-refractivity contribution in [3.8, 4) is 0 Å². The number of carbonyl (C=O) groups is 1. The molecule has 30 heavy (non-hydrogen) atoms. The van der Waals surface area contributed by atoms with Crippen molar-refractivity contribution in [1.29, 1.82) is 0 Å². The van der Waals surface area contributed by atoms with E-state index in [1.165, 1.54) is 17.7 Å². The third-order valence-electron chi connectivity index (χ3n) is 7.41. The highest BCUT2D eigenvalue weighted by atomic mass is 19.1. The van der Waals surface area contributed by atoms with E-state index < -0.39 is 0 Å². The Labute approximate surface area is 177 Å². The fourth-order valence-corrected chi connectivity index (χ4v) is 5.72. The molecule has 3 fully saturated rings. The summed E-state index contributed by atoms with van der Waals surface area (Å²) in [6.45, 7) is 7.15. The van der Waals surface area contributed by atoms with Gasteiger partial charge in [0.05, 0.1) is 11.6 Å². The molecule has 0 aromatic heterocycles. The Kier molecular flexibility index (Phi) is 4.81. The summed E-state index contributed by atoms with van der Waals surface area (Å²) in [6.07, 6.45) is 2.62. The molecule has 4 nitrogen and oxygen atoms in total. The molecule has 2 bridgehead atoms. The topological polar surface area (TPSA) is 32.8 Å². The summed E-state index contributed by atoms with van der Waals surface area (Å²) in [5, 5.41) is 0. The third-order valence-corrected chi connectivity index (χ3v) is 7.41. The van der Waals surface area contributed by atoms with Crippen molar-refractivity contribution in [3.05, 3.63) is 71.0 Å². The summed E-state index contributed by atoms with van der Waals surface area (Å²) in [5.74, 6) is 0.154. The first-order valence-corrected chi connectivity index (χ1v) is 11.0. The van der Waals surface area contributed by atoms with Crippen LogP contribution in [0.3, 0.4) is 0 Å². The Hall–Kier alpha value is -2.40. The zero-order valence-corrected chi connectivity index (χ0v) is 17.7. The van der Waals surface area contributed by atoms with E-state index in [1.54, 1.807) is 12.1 Å². The second kappa shape index (κ2) is 7.38. The highest BCUT2D eigenvalue weighted by Crippen LogP contribution is 2.42. The second-order valence-corrected chi connectivity index (χ2v) is 9.38. The van der Waals surface area contributed by atoms with Crippen LogP contribution in [0.4, 0.5) is 9.18 Å². The lowest BCUT2D eigenvalue weighted by Gasteiger charge is -2.55. The number of fused-ring (bicyclic) bond motifs is 4. The Morgan fingerprint density at radius 1 is 1.03 bits per heavy atom. The number of rotatable bonds is 2. The molecule has 5 heteroatoms. The van der Waals surface area contributed by atoms with Crippen molar-refractivity contribution in [2.45, 2.75) is 50.8 Å². The van der Waals surface area contributed by atoms with Crippen molar-refractivity contribution in [1.82, 2.24) is 9.80 Å². The summed E-state index contributed by atoms with van der Waals surface area (Å²) in [7, 11) is 0. The van der Waals surface area contributed by atoms with Crippen LogP contribution < -0.4 is 0 Å². The van der Waals surface area contributed by atoms with E-state index in [0.717, 1.165) is 43.5 Å². The van der Waals surface area contributed by atoms with Crippen LogP contribution in [0.25, 0.3) is 0 Å². The molecule has 0 spiro atoms. The fourth-order valence-electron chi connectivity index (χ4n) is 5.72. The molecule has 2 atom stereocenters. The van der Waals surface area contributed by atoms with Crippen molar-refractivity contribution in [2.75, 3.05) is 19.6 Å². The number of benzene rings is 2. The lowest BCUT2D eigenvalue weighted by Crippen LogP contribution is -2.65. The van der Waals surface area contributed by atoms with Gasteiger partial charge in [0.25, 0.3) is 0 Å². The SMILES string of the molecule is CC1(C)[C@@H](OC(=O)N2CCc3ccccc3[C@@H]2c2ccc(F)cc2)C2CCN1CC2. The van der Waals surface area contributed by atoms with Crippen molar-refractivity contribution in [2.24, 2.45) is 5.92 Å². The number of hydrogen-bond donors (Lipinski definition) is 0. The van der Waals surface area contributed by atoms with Crippen LogP contribution >= 0.6 is 0 Å². The van der Waals surface area contributed by atoms with Gasteiger partial charge in [-0.3, -0.25) is 9.80 Å². The minimum atomic E-state index is -0.272. The van der Waals surface area contributed by atoms with E-state index in [-0.39, 0.29) is 29.6 Å². The highest BCUT2D eigenvalue weighted by Gasteiger charge is 2.50. The molecule has 0 radical (unpaired) electrons. The largest absolute Gasteiger partial charge is 0.444 e. The van der Waals surface area contributed by atoms with Gasteiger partial charge in [0, 0.05) is 12.5 Å². The zero-order chi connectivity index (χ0) is 20.9. The summed E-state index contributed by atoms with van der Waals surface area (Å²) >= 11 is 0. The smallest absolute Gasteiger partial charge is 0.410 e. The van der Waals surface area contributed by atoms with Crippen LogP contribution in [0.1, 0.15) is 49.4 Å². The summed E-state index contributed by atoms with van der Waals surface area (Å²) < 4.78 is 19.8. The van der Waals surface area contributed by atoms with Crippen molar-refractivity contribution >= 4 is 6.09 Å². The van der Waals surface area contributed by atoms with Crippen molar-refractivity contribution < 1.29 is 13.9 Å². The lowest BCUT2D eigenvalue weighted by atomic mass is 9.74. The van der Waals surface area contributed by atoms with Crippen LogP contribution in [-0.2, 0) is 11.2 Å². The molecule has 2 aromatic carbocycles. The Balaban J connectivity index is 1.46. The van der Waals surface area contributed by atoms with Crippen LogP contribution in [0.2, 0.25) is 0 Å². The summed E-state index contributed by atoms with van der Waals surface area (Å²) in [6, 6.07) is 14.4. The third kappa shape index (κ3) is 3.20. The normalized spacial score (nSPS) is 29.4. The van der Waals surface area contributed by atoms with Gasteiger partial charge >= 0.3 is 6.09 Å². The second-order valence-electron chi connectivity index (χ2n) is 9.38. The molecule has 1 amide bonds. The summed E-state index contributed by atoms with van der Waals surface area (Å²) in [5.41, 5.74) is 3.10. The molecule has 6 rings (SSSR count). The fraction of sp³-hybridized carbons (Fsp3) is 0.480. The highest BCUT2D eigenvalue weighted by molar-refractivity contribution is 5.70. The monoisotopic (exact) mass is 408 g/mol. The maximum absolute atomic E-state index is 13.6. The summed E-state index contributed by atoms with van der Waals surface area (Å²) in [4.78, 5) is 17.8. The van der Waals surface area contributed by atoms with Gasteiger partial charge in [-0.1, -0.05) is 36.4 Å². The van der Waals surface area contributed by atoms with Crippen LogP contribution in [0, 0.1) is 11.7 Å². The molecule has 4 heterocycles. The maximum atomic E-state index is 13.6. The van der Waals surface area contributed by atoms with Gasteiger partial charge < -0.3 is 4.74 Å². The number of halogens is 1. The molecule has 158 valence electrons. The number of ether oxygens (including phenoxy) is 1. The Morgan fingerprint density at radius 2 is 1.73 bits per heavy atom. The van der Waals surface area contributed by atoms with Gasteiger partial charge in [0.15, 0.2) is 0 Å². The predicted molar refractivity (Wildman–Crippen MR) is 114 cm³/mol. The van der Waals surface area contributed by atoms with E-state index in [2.05, 4.69) is 30.9 Å². The average Bonchev–Trinajstić information content (AvgIpc) is 2.76. The molecule has 4 aliphatic heterocycles. The molecular weight excluding hydrogens is 379 g/mol.